The van der Waals surface area contributed by atoms with Crippen molar-refractivity contribution < 1.29 is 35.4 Å². The van der Waals surface area contributed by atoms with E-state index in [1.54, 1.807) is 69.3 Å². The molecule has 19 heteroatoms. The lowest BCUT2D eigenvalue weighted by Gasteiger charge is -2.12. The van der Waals surface area contributed by atoms with E-state index < -0.39 is 37.2 Å². The standard InChI is InChI=1S/C21H21N3O5S.C20H16N4O5S/c1-4-24-20(25)15(3)14(2)19(21(24)26)23-22-16-9-8-10-17(13-16)29-30(27,28)18-11-6-5-7-12-18;1-13-17(12-21)19(25)24(2)20(26)18(13)23-22-14-7-6-8-15(11-14)29-30(27,28)16-9-4-3-5-10-16/h5-13,25H,4H2,1-3H3;3-11,25H,1-2H3. The Morgan fingerprint density at radius 1 is 0.617 bits per heavy atom. The number of benzene rings is 4. The fourth-order valence-corrected chi connectivity index (χ4v) is 7.29. The molecule has 0 bridgehead atoms. The van der Waals surface area contributed by atoms with Gasteiger partial charge in [-0.2, -0.15) is 32.3 Å². The molecule has 6 aromatic rings. The molecule has 4 aromatic carbocycles. The van der Waals surface area contributed by atoms with E-state index >= 15 is 0 Å². The van der Waals surface area contributed by atoms with Crippen LogP contribution in [0.4, 0.5) is 22.7 Å². The van der Waals surface area contributed by atoms with Crippen molar-refractivity contribution in [2.75, 3.05) is 0 Å². The average molecular weight is 852 g/mol. The van der Waals surface area contributed by atoms with Gasteiger partial charge < -0.3 is 18.6 Å². The molecule has 2 heterocycles. The third kappa shape index (κ3) is 9.81. The third-order valence-electron chi connectivity index (χ3n) is 8.81. The second-order valence-corrected chi connectivity index (χ2v) is 15.8. The highest BCUT2D eigenvalue weighted by atomic mass is 32.2. The summed E-state index contributed by atoms with van der Waals surface area (Å²) >= 11 is 0. The number of aromatic nitrogens is 2. The Kier molecular flexibility index (Phi) is 13.4. The predicted octanol–water partition coefficient (Wildman–Crippen LogP) is 7.83. The molecule has 2 aromatic heterocycles. The van der Waals surface area contributed by atoms with Crippen LogP contribution in [0.3, 0.4) is 0 Å². The molecule has 308 valence electrons. The number of aromatic hydroxyl groups is 2. The van der Waals surface area contributed by atoms with Crippen molar-refractivity contribution in [1.82, 2.24) is 9.13 Å². The molecule has 0 saturated carbocycles. The molecule has 0 amide bonds. The summed E-state index contributed by atoms with van der Waals surface area (Å²) < 4.78 is 61.9. The van der Waals surface area contributed by atoms with Gasteiger partial charge in [-0.15, -0.1) is 10.2 Å². The van der Waals surface area contributed by atoms with E-state index in [9.17, 15) is 41.9 Å². The van der Waals surface area contributed by atoms with Crippen molar-refractivity contribution in [3.05, 3.63) is 152 Å². The number of azo groups is 2. The SMILES string of the molecule is CCn1c(O)c(C)c(C)c(N=Nc2cccc(OS(=O)(=O)c3ccccc3)c2)c1=O.Cc1c(C#N)c(O)n(C)c(=O)c1N=Nc1cccc(OS(=O)(=O)c2ccccc2)c1. The molecule has 0 aliphatic carbocycles. The molecule has 17 nitrogen and oxygen atoms in total. The van der Waals surface area contributed by atoms with E-state index in [1.807, 2.05) is 6.07 Å². The minimum atomic E-state index is -4.02. The Balaban J connectivity index is 0.000000228. The van der Waals surface area contributed by atoms with Crippen LogP contribution >= 0.6 is 0 Å². The summed E-state index contributed by atoms with van der Waals surface area (Å²) in [6.45, 7) is 6.87. The number of rotatable bonds is 11. The van der Waals surface area contributed by atoms with Crippen molar-refractivity contribution in [2.24, 2.45) is 27.5 Å². The van der Waals surface area contributed by atoms with Crippen LogP contribution in [0.15, 0.2) is 149 Å². The zero-order valence-corrected chi connectivity index (χ0v) is 34.3. The molecule has 0 saturated heterocycles. The number of pyridine rings is 2. The van der Waals surface area contributed by atoms with Gasteiger partial charge in [0.05, 0.1) is 11.4 Å². The molecule has 0 spiro atoms. The molecule has 2 N–H and O–H groups in total. The minimum absolute atomic E-state index is 0.00396. The highest BCUT2D eigenvalue weighted by Gasteiger charge is 2.20. The molecule has 6 rings (SSSR count). The molecule has 0 fully saturated rings. The molecule has 0 radical (unpaired) electrons. The Morgan fingerprint density at radius 2 is 1.07 bits per heavy atom. The van der Waals surface area contributed by atoms with Gasteiger partial charge >= 0.3 is 20.2 Å². The van der Waals surface area contributed by atoms with E-state index in [0.29, 0.717) is 16.8 Å². The van der Waals surface area contributed by atoms with Crippen LogP contribution in [-0.4, -0.2) is 36.2 Å². The van der Waals surface area contributed by atoms with Crippen molar-refractivity contribution in [3.8, 4) is 29.3 Å². The van der Waals surface area contributed by atoms with Gasteiger partial charge in [0.2, 0.25) is 5.88 Å². The lowest BCUT2D eigenvalue weighted by Crippen LogP contribution is -2.20. The summed E-state index contributed by atoms with van der Waals surface area (Å²) in [6.07, 6.45) is 0. The normalized spacial score (nSPS) is 11.5. The zero-order valence-electron chi connectivity index (χ0n) is 32.7. The van der Waals surface area contributed by atoms with E-state index in [0.717, 1.165) is 4.57 Å². The fraction of sp³-hybridized carbons (Fsp3) is 0.146. The van der Waals surface area contributed by atoms with Gasteiger partial charge in [-0.25, -0.2) is 0 Å². The molecule has 0 unspecified atom stereocenters. The van der Waals surface area contributed by atoms with E-state index in [2.05, 4.69) is 20.5 Å². The molecular weight excluding hydrogens is 815 g/mol. The average Bonchev–Trinajstić information content (AvgIpc) is 3.23. The van der Waals surface area contributed by atoms with E-state index in [4.69, 9.17) is 8.37 Å². The van der Waals surface area contributed by atoms with Gasteiger partial charge in [0.1, 0.15) is 32.9 Å². The summed E-state index contributed by atoms with van der Waals surface area (Å²) in [7, 11) is -6.70. The highest BCUT2D eigenvalue weighted by molar-refractivity contribution is 7.87. The maximum Gasteiger partial charge on any atom is 0.339 e. The van der Waals surface area contributed by atoms with Crippen LogP contribution in [0, 0.1) is 32.1 Å². The molecule has 0 atom stereocenters. The number of hydrogen-bond acceptors (Lipinski definition) is 15. The smallest absolute Gasteiger partial charge is 0.339 e. The minimum Gasteiger partial charge on any atom is -0.494 e. The Bertz CT molecular complexity index is 3020. The monoisotopic (exact) mass is 851 g/mol. The Morgan fingerprint density at radius 3 is 1.50 bits per heavy atom. The summed E-state index contributed by atoms with van der Waals surface area (Å²) in [6, 6.07) is 29.2. The number of nitriles is 1. The van der Waals surface area contributed by atoms with Crippen molar-refractivity contribution in [1.29, 1.82) is 5.26 Å². The summed E-state index contributed by atoms with van der Waals surface area (Å²) in [5.41, 5.74) is 0.588. The lowest BCUT2D eigenvalue weighted by atomic mass is 10.1. The van der Waals surface area contributed by atoms with Gasteiger partial charge in [-0.1, -0.05) is 48.5 Å². The van der Waals surface area contributed by atoms with Crippen molar-refractivity contribution in [2.45, 2.75) is 44.0 Å². The van der Waals surface area contributed by atoms with Crippen molar-refractivity contribution in [3.63, 3.8) is 0 Å². The summed E-state index contributed by atoms with van der Waals surface area (Å²) in [5, 5.41) is 45.2. The predicted molar refractivity (Wildman–Crippen MR) is 220 cm³/mol. The maximum atomic E-state index is 12.6. The molecule has 0 aliphatic heterocycles. The molecule has 60 heavy (non-hydrogen) atoms. The van der Waals surface area contributed by atoms with E-state index in [-0.39, 0.29) is 61.9 Å². The first-order chi connectivity index (χ1) is 28.5. The molecular formula is C41H37N7O10S2. The summed E-state index contributed by atoms with van der Waals surface area (Å²) in [5.74, 6) is -0.468. The van der Waals surface area contributed by atoms with Crippen LogP contribution < -0.4 is 19.5 Å². The molecule has 0 aliphatic rings. The van der Waals surface area contributed by atoms with Crippen LogP contribution in [0.5, 0.6) is 23.3 Å². The zero-order chi connectivity index (χ0) is 43.8. The first-order valence-electron chi connectivity index (χ1n) is 17.8. The van der Waals surface area contributed by atoms with E-state index in [1.165, 1.54) is 79.2 Å². The number of hydrogen-bond donors (Lipinski definition) is 2. The fourth-order valence-electron chi connectivity index (χ4n) is 5.40. The van der Waals surface area contributed by atoms with Gasteiger partial charge in [0, 0.05) is 36.9 Å². The topological polar surface area (TPSA) is 244 Å². The first kappa shape index (κ1) is 43.7. The van der Waals surface area contributed by atoms with Gasteiger partial charge in [-0.05, 0) is 81.8 Å². The Labute approximate surface area is 344 Å². The van der Waals surface area contributed by atoms with Crippen molar-refractivity contribution >= 4 is 43.0 Å². The van der Waals surface area contributed by atoms with Gasteiger partial charge in [0.25, 0.3) is 11.1 Å². The van der Waals surface area contributed by atoms with Gasteiger partial charge in [-0.3, -0.25) is 18.7 Å². The Hall–Kier alpha value is -7.43. The third-order valence-corrected chi connectivity index (χ3v) is 11.3. The van der Waals surface area contributed by atoms with Crippen LogP contribution in [0.1, 0.15) is 29.2 Å². The van der Waals surface area contributed by atoms with Crippen LogP contribution in [0.2, 0.25) is 0 Å². The highest BCUT2D eigenvalue weighted by Crippen LogP contribution is 2.30. The maximum absolute atomic E-state index is 12.6. The second-order valence-electron chi connectivity index (χ2n) is 12.7. The largest absolute Gasteiger partial charge is 0.494 e. The van der Waals surface area contributed by atoms with Crippen LogP contribution in [-0.2, 0) is 33.8 Å². The number of nitrogens with zero attached hydrogens (tertiary/aromatic N) is 7. The quantitative estimate of drug-likeness (QED) is 0.0939. The van der Waals surface area contributed by atoms with Gasteiger partial charge in [0.15, 0.2) is 17.3 Å². The summed E-state index contributed by atoms with van der Waals surface area (Å²) in [4.78, 5) is 25.0. The first-order valence-corrected chi connectivity index (χ1v) is 20.6. The second kappa shape index (κ2) is 18.4. The van der Waals surface area contributed by atoms with Crippen LogP contribution in [0.25, 0.3) is 0 Å². The lowest BCUT2D eigenvalue weighted by molar-refractivity contribution is 0.406.